The molecule has 11 unspecified atom stereocenters. The summed E-state index contributed by atoms with van der Waals surface area (Å²) in [5.41, 5.74) is 0. The number of rotatable bonds is 12. The molecule has 452 valence electrons. The van der Waals surface area contributed by atoms with E-state index < -0.39 is 0 Å². The predicted molar refractivity (Wildman–Crippen MR) is 328 cm³/mol. The van der Waals surface area contributed by atoms with E-state index in [1.54, 1.807) is 12.4 Å². The molecule has 11 atom stereocenters. The van der Waals surface area contributed by atoms with Gasteiger partial charge in [0.05, 0.1) is 0 Å². The maximum atomic E-state index is 4.72. The zero-order chi connectivity index (χ0) is 53.6. The summed E-state index contributed by atoms with van der Waals surface area (Å²) in [4.78, 5) is 4.09. The molecule has 2 radical (unpaired) electrons. The quantitative estimate of drug-likeness (QED) is 0.214. The molecule has 0 bridgehead atoms. The number of nitrogens with zero attached hydrogens (tertiary/aromatic N) is 17. The van der Waals surface area contributed by atoms with Crippen LogP contribution in [-0.2, 0) is 0 Å². The maximum Gasteiger partial charge on any atom is 0 e. The van der Waals surface area contributed by atoms with Crippen molar-refractivity contribution in [3.05, 3.63) is 134 Å². The number of allylic oxidation sites excluding steroid dienone is 2. The zero-order valence-electron chi connectivity index (χ0n) is 49.0. The fraction of sp³-hybridized carbons (Fsp3) is 0.850. The van der Waals surface area contributed by atoms with Crippen LogP contribution in [0.3, 0.4) is 0 Å². The second-order valence-electron chi connectivity index (χ2n) is 22.3. The molecule has 11 aliphatic rings. The van der Waals surface area contributed by atoms with Gasteiger partial charge in [0.2, 0.25) is 0 Å². The Morgan fingerprint density at radius 3 is 0.938 bits per heavy atom. The molecule has 0 amide bonds. The molecular weight excluding hydrogens is 1250 g/mol. The summed E-state index contributed by atoms with van der Waals surface area (Å²) in [6.07, 6.45) is 49.4. The van der Waals surface area contributed by atoms with Crippen LogP contribution < -0.4 is 5.32 Å². The van der Waals surface area contributed by atoms with Crippen LogP contribution in [0.2, 0.25) is 0 Å². The molecule has 0 aliphatic carbocycles. The van der Waals surface area contributed by atoms with Crippen molar-refractivity contribution < 1.29 is 71.2 Å². The molecule has 0 saturated carbocycles. The van der Waals surface area contributed by atoms with Gasteiger partial charge in [0.15, 0.2) is 0 Å². The van der Waals surface area contributed by atoms with Crippen LogP contribution in [0.5, 0.6) is 0 Å². The summed E-state index contributed by atoms with van der Waals surface area (Å²) in [7, 11) is 0. The zero-order valence-corrected chi connectivity index (χ0v) is 56.3. The SMILES string of the molecule is C1=C[N-]C([N-]c2ccccn2)C=C1.C1CCC([N-]C2CCCCN2)[N-]C1.C1CCC([N-]C2CCCC[N-]2)[N-]C1.C1CCC([N-]C2CCCC[N-]2)[N-]C1.C1CCC([N-]C2CCCC[N-]2)[N-]C1.C1CCC([N-]C2CCCC[N-]2)[N-]C1.[La].[La]. The average molecular weight is 1350 g/mol. The molecular formula is C60H100La2N18-16. The van der Waals surface area contributed by atoms with Crippen molar-refractivity contribution >= 4 is 5.82 Å². The van der Waals surface area contributed by atoms with Gasteiger partial charge >= 0.3 is 0 Å². The molecule has 1 aromatic heterocycles. The van der Waals surface area contributed by atoms with Gasteiger partial charge in [-0.15, -0.1) is 58.9 Å². The Balaban J connectivity index is 0.000000176. The van der Waals surface area contributed by atoms with Crippen molar-refractivity contribution in [1.82, 2.24) is 10.3 Å². The van der Waals surface area contributed by atoms with E-state index in [4.69, 9.17) is 5.32 Å². The third-order valence-corrected chi connectivity index (χ3v) is 15.5. The Morgan fingerprint density at radius 2 is 0.688 bits per heavy atom. The van der Waals surface area contributed by atoms with Gasteiger partial charge in [0.25, 0.3) is 0 Å². The van der Waals surface area contributed by atoms with Crippen molar-refractivity contribution in [2.75, 3.05) is 65.4 Å². The van der Waals surface area contributed by atoms with Crippen LogP contribution in [0, 0.1) is 71.2 Å². The molecule has 12 rings (SSSR count). The molecule has 0 spiro atoms. The summed E-state index contributed by atoms with van der Waals surface area (Å²) in [6, 6.07) is 5.64. The molecule has 11 aliphatic heterocycles. The van der Waals surface area contributed by atoms with Crippen molar-refractivity contribution in [3.63, 3.8) is 0 Å². The van der Waals surface area contributed by atoms with Gasteiger partial charge in [-0.2, -0.15) is 6.20 Å². The Kier molecular flexibility index (Phi) is 40.9. The smallest absolute Gasteiger partial charge is 0 e. The minimum atomic E-state index is -0.111. The second-order valence-corrected chi connectivity index (χ2v) is 22.3. The summed E-state index contributed by atoms with van der Waals surface area (Å²) in [5.74, 6) is 0.719. The predicted octanol–water partition coefficient (Wildman–Crippen LogP) is 17.7. The van der Waals surface area contributed by atoms with E-state index in [1.165, 1.54) is 141 Å². The Labute approximate surface area is 542 Å². The monoisotopic (exact) mass is 1350 g/mol. The van der Waals surface area contributed by atoms with E-state index in [0.717, 1.165) is 123 Å². The molecule has 12 heterocycles. The maximum absolute atomic E-state index is 4.72. The first-order chi connectivity index (χ1) is 38.7. The average Bonchev–Trinajstić information content (AvgIpc) is 3.51. The number of pyridine rings is 1. The molecule has 1 N–H and O–H groups in total. The van der Waals surface area contributed by atoms with Gasteiger partial charge in [-0.3, -0.25) is 0 Å². The van der Waals surface area contributed by atoms with E-state index in [1.807, 2.05) is 36.4 Å². The summed E-state index contributed by atoms with van der Waals surface area (Å²) in [5, 5.41) is 75.7. The van der Waals surface area contributed by atoms with E-state index >= 15 is 0 Å². The van der Waals surface area contributed by atoms with E-state index in [-0.39, 0.29) is 127 Å². The van der Waals surface area contributed by atoms with Crippen LogP contribution in [0.25, 0.3) is 85.1 Å². The molecule has 10 fully saturated rings. The van der Waals surface area contributed by atoms with Crippen LogP contribution in [0.15, 0.2) is 48.8 Å². The van der Waals surface area contributed by atoms with Gasteiger partial charge in [0, 0.05) is 71.2 Å². The third kappa shape index (κ3) is 32.1. The first kappa shape index (κ1) is 70.8. The number of hydrogen-bond donors (Lipinski definition) is 1. The third-order valence-electron chi connectivity index (χ3n) is 15.5. The van der Waals surface area contributed by atoms with E-state index in [9.17, 15) is 0 Å². The summed E-state index contributed by atoms with van der Waals surface area (Å²) >= 11 is 0. The van der Waals surface area contributed by atoms with Crippen LogP contribution in [0.1, 0.15) is 193 Å². The van der Waals surface area contributed by atoms with E-state index in [0.29, 0.717) is 12.3 Å². The van der Waals surface area contributed by atoms with Gasteiger partial charge in [-0.05, 0) is 13.0 Å². The van der Waals surface area contributed by atoms with Crippen LogP contribution in [-0.4, -0.2) is 138 Å². The van der Waals surface area contributed by atoms with Gasteiger partial charge in [0.1, 0.15) is 0 Å². The number of nitrogens with one attached hydrogen (secondary N) is 1. The van der Waals surface area contributed by atoms with E-state index in [2.05, 4.69) is 90.1 Å². The van der Waals surface area contributed by atoms with Crippen molar-refractivity contribution in [1.29, 1.82) is 0 Å². The fourth-order valence-corrected chi connectivity index (χ4v) is 11.0. The van der Waals surface area contributed by atoms with Gasteiger partial charge in [-0.1, -0.05) is 247 Å². The summed E-state index contributed by atoms with van der Waals surface area (Å²) < 4.78 is 0. The largest absolute Gasteiger partial charge is 0.693 e. The number of aromatic nitrogens is 1. The first-order valence-electron chi connectivity index (χ1n) is 31.6. The molecule has 18 nitrogen and oxygen atoms in total. The van der Waals surface area contributed by atoms with Crippen LogP contribution in [0.4, 0.5) is 5.82 Å². The van der Waals surface area contributed by atoms with Crippen molar-refractivity contribution in [2.45, 2.75) is 260 Å². The fourth-order valence-electron chi connectivity index (χ4n) is 11.0. The number of hydrogen-bond acceptors (Lipinski definition) is 2. The van der Waals surface area contributed by atoms with Crippen molar-refractivity contribution in [2.24, 2.45) is 0 Å². The minimum Gasteiger partial charge on any atom is -0.693 e. The Hall–Kier alpha value is 0.0196. The van der Waals surface area contributed by atoms with Crippen LogP contribution >= 0.6 is 0 Å². The topological polar surface area (TPSA) is 251 Å². The molecule has 10 saturated heterocycles. The van der Waals surface area contributed by atoms with Crippen molar-refractivity contribution in [3.8, 4) is 0 Å². The van der Waals surface area contributed by atoms with Gasteiger partial charge in [-0.25, -0.2) is 55.5 Å². The standard InChI is InChI=1S/C10H19N3.4C10H18N3.C10H9N3.2La/c6*1-3-7-11-9(5-1)13-10-6-2-4-8-12-10;;/h9-11H,1-8H2;4*9-10H,1-8H2;1-9H;;/q-2;4*-3;-2;;. The number of piperidine rings is 10. The Bertz CT molecular complexity index is 1340. The minimum absolute atomic E-state index is 0. The normalized spacial score (nSPS) is 32.4. The second kappa shape index (κ2) is 46.2. The summed E-state index contributed by atoms with van der Waals surface area (Å²) in [6.45, 7) is 10.3. The molecule has 0 aromatic carbocycles. The molecule has 1 aromatic rings. The molecule has 80 heavy (non-hydrogen) atoms. The first-order valence-corrected chi connectivity index (χ1v) is 31.6. The van der Waals surface area contributed by atoms with Gasteiger partial charge < -0.3 is 95.4 Å². The molecule has 20 heteroatoms. The Morgan fingerprint density at radius 1 is 0.362 bits per heavy atom.